The monoisotopic (exact) mass is 453 g/mol. The fourth-order valence-electron chi connectivity index (χ4n) is 3.27. The van der Waals surface area contributed by atoms with E-state index in [0.717, 1.165) is 22.3 Å². The Hall–Kier alpha value is -3.16. The molecule has 158 valence electrons. The Bertz CT molecular complexity index is 1340. The summed E-state index contributed by atoms with van der Waals surface area (Å²) in [6.45, 7) is 3.70. The van der Waals surface area contributed by atoms with Crippen LogP contribution in [0.4, 0.5) is 5.69 Å². The van der Waals surface area contributed by atoms with Crippen molar-refractivity contribution in [3.63, 3.8) is 0 Å². The van der Waals surface area contributed by atoms with Gasteiger partial charge in [0.1, 0.15) is 17.0 Å². The number of carbonyl (C=O) groups excluding carboxylic acids is 1. The molecule has 0 aliphatic rings. The largest absolute Gasteiger partial charge is 0.495 e. The molecule has 6 nitrogen and oxygen atoms in total. The van der Waals surface area contributed by atoms with Crippen LogP contribution < -0.4 is 15.6 Å². The van der Waals surface area contributed by atoms with Crippen molar-refractivity contribution in [1.82, 2.24) is 9.55 Å². The number of rotatable bonds is 5. The summed E-state index contributed by atoms with van der Waals surface area (Å²) in [6.07, 6.45) is 1.42. The fraction of sp³-hybridized carbons (Fsp3) is 0.174. The van der Waals surface area contributed by atoms with Crippen LogP contribution in [-0.4, -0.2) is 22.6 Å². The van der Waals surface area contributed by atoms with Crippen LogP contribution in [-0.2, 0) is 11.3 Å². The zero-order valence-corrected chi connectivity index (χ0v) is 18.8. The van der Waals surface area contributed by atoms with E-state index in [1.165, 1.54) is 29.3 Å². The van der Waals surface area contributed by atoms with Crippen LogP contribution in [0.25, 0.3) is 21.3 Å². The molecule has 0 saturated heterocycles. The van der Waals surface area contributed by atoms with Crippen LogP contribution in [0.3, 0.4) is 0 Å². The molecule has 2 heterocycles. The van der Waals surface area contributed by atoms with Crippen LogP contribution in [0.15, 0.2) is 52.9 Å². The second kappa shape index (κ2) is 8.53. The fourth-order valence-corrected chi connectivity index (χ4v) is 4.40. The number of hydrogen-bond donors (Lipinski definition) is 1. The Morgan fingerprint density at radius 3 is 2.68 bits per heavy atom. The number of ether oxygens (including phenoxy) is 1. The first-order valence-electron chi connectivity index (χ1n) is 9.55. The SMILES string of the molecule is COc1cc(Cl)c(C)cc1NC(=O)Cn1cnc2c(-c3ccc(C)cc3)csc2c1=O. The molecule has 8 heteroatoms. The average Bonchev–Trinajstić information content (AvgIpc) is 3.18. The highest BCUT2D eigenvalue weighted by molar-refractivity contribution is 7.17. The van der Waals surface area contributed by atoms with E-state index >= 15 is 0 Å². The molecule has 0 spiro atoms. The Labute approximate surface area is 188 Å². The summed E-state index contributed by atoms with van der Waals surface area (Å²) >= 11 is 7.45. The second-order valence-corrected chi connectivity index (χ2v) is 8.51. The van der Waals surface area contributed by atoms with Gasteiger partial charge < -0.3 is 10.1 Å². The molecule has 0 saturated carbocycles. The van der Waals surface area contributed by atoms with E-state index < -0.39 is 0 Å². The smallest absolute Gasteiger partial charge is 0.271 e. The van der Waals surface area contributed by atoms with E-state index in [1.807, 2.05) is 43.5 Å². The maximum atomic E-state index is 12.9. The predicted octanol–water partition coefficient (Wildman–Crippen LogP) is 5.04. The second-order valence-electron chi connectivity index (χ2n) is 7.22. The quantitative estimate of drug-likeness (QED) is 0.459. The van der Waals surface area contributed by atoms with Crippen molar-refractivity contribution in [2.75, 3.05) is 12.4 Å². The van der Waals surface area contributed by atoms with E-state index in [-0.39, 0.29) is 18.0 Å². The van der Waals surface area contributed by atoms with E-state index in [1.54, 1.807) is 12.1 Å². The number of hydrogen-bond acceptors (Lipinski definition) is 5. The number of nitrogens with zero attached hydrogens (tertiary/aromatic N) is 2. The van der Waals surface area contributed by atoms with Gasteiger partial charge in [-0.05, 0) is 31.0 Å². The normalized spacial score (nSPS) is 11.0. The van der Waals surface area contributed by atoms with Crippen molar-refractivity contribution in [2.24, 2.45) is 0 Å². The molecule has 4 rings (SSSR count). The van der Waals surface area contributed by atoms with Gasteiger partial charge in [0, 0.05) is 22.0 Å². The molecule has 1 amide bonds. The number of methoxy groups -OCH3 is 1. The highest BCUT2D eigenvalue weighted by Crippen LogP contribution is 2.32. The molecule has 0 aliphatic carbocycles. The highest BCUT2D eigenvalue weighted by Gasteiger charge is 2.15. The lowest BCUT2D eigenvalue weighted by Gasteiger charge is -2.13. The number of halogens is 1. The Morgan fingerprint density at radius 1 is 1.23 bits per heavy atom. The summed E-state index contributed by atoms with van der Waals surface area (Å²) in [6, 6.07) is 11.5. The molecule has 31 heavy (non-hydrogen) atoms. The van der Waals surface area contributed by atoms with Crippen LogP contribution in [0.2, 0.25) is 5.02 Å². The molecule has 0 aliphatic heterocycles. The molecular weight excluding hydrogens is 434 g/mol. The Morgan fingerprint density at radius 2 is 1.97 bits per heavy atom. The third-order valence-electron chi connectivity index (χ3n) is 4.98. The molecule has 0 unspecified atom stereocenters. The molecule has 2 aromatic carbocycles. The molecule has 0 fully saturated rings. The maximum Gasteiger partial charge on any atom is 0.271 e. The van der Waals surface area contributed by atoms with Crippen molar-refractivity contribution in [2.45, 2.75) is 20.4 Å². The average molecular weight is 454 g/mol. The predicted molar refractivity (Wildman–Crippen MR) is 125 cm³/mol. The number of amides is 1. The Balaban J connectivity index is 1.60. The molecule has 0 atom stereocenters. The van der Waals surface area contributed by atoms with E-state index in [9.17, 15) is 9.59 Å². The zero-order valence-electron chi connectivity index (χ0n) is 17.2. The van der Waals surface area contributed by atoms with Crippen molar-refractivity contribution in [3.8, 4) is 16.9 Å². The Kier molecular flexibility index (Phi) is 5.80. The van der Waals surface area contributed by atoms with Gasteiger partial charge in [0.2, 0.25) is 5.91 Å². The van der Waals surface area contributed by atoms with Gasteiger partial charge in [-0.3, -0.25) is 14.2 Å². The van der Waals surface area contributed by atoms with Crippen molar-refractivity contribution in [1.29, 1.82) is 0 Å². The summed E-state index contributed by atoms with van der Waals surface area (Å²) in [4.78, 5) is 30.0. The first-order valence-corrected chi connectivity index (χ1v) is 10.8. The third kappa shape index (κ3) is 4.19. The van der Waals surface area contributed by atoms with Gasteiger partial charge in [0.15, 0.2) is 0 Å². The topological polar surface area (TPSA) is 73.2 Å². The standard InChI is InChI=1S/C23H20ClN3O3S/c1-13-4-6-15(7-5-13)16-11-31-22-21(16)25-12-27(23(22)29)10-20(28)26-18-8-14(2)17(24)9-19(18)30-3/h4-9,11-12H,10H2,1-3H3,(H,26,28). The minimum atomic E-state index is -0.362. The summed E-state index contributed by atoms with van der Waals surface area (Å²) in [5.41, 5.74) is 4.78. The lowest BCUT2D eigenvalue weighted by atomic mass is 10.1. The number of anilines is 1. The number of thiophene rings is 1. The first-order chi connectivity index (χ1) is 14.9. The van der Waals surface area contributed by atoms with Gasteiger partial charge in [-0.2, -0.15) is 0 Å². The number of aromatic nitrogens is 2. The summed E-state index contributed by atoms with van der Waals surface area (Å²) in [5.74, 6) is 0.0875. The maximum absolute atomic E-state index is 12.9. The van der Waals surface area contributed by atoms with Crippen LogP contribution >= 0.6 is 22.9 Å². The number of fused-ring (bicyclic) bond motifs is 1. The first kappa shape index (κ1) is 21.1. The number of nitrogens with one attached hydrogen (secondary N) is 1. The molecule has 4 aromatic rings. The van der Waals surface area contributed by atoms with Crippen molar-refractivity contribution in [3.05, 3.63) is 74.6 Å². The van der Waals surface area contributed by atoms with E-state index in [2.05, 4.69) is 10.3 Å². The number of aryl methyl sites for hydroxylation is 2. The summed E-state index contributed by atoms with van der Waals surface area (Å²) in [7, 11) is 1.50. The highest BCUT2D eigenvalue weighted by atomic mass is 35.5. The van der Waals surface area contributed by atoms with Gasteiger partial charge in [-0.1, -0.05) is 41.4 Å². The van der Waals surface area contributed by atoms with Crippen molar-refractivity contribution < 1.29 is 9.53 Å². The lowest BCUT2D eigenvalue weighted by molar-refractivity contribution is -0.116. The van der Waals surface area contributed by atoms with Gasteiger partial charge >= 0.3 is 0 Å². The van der Waals surface area contributed by atoms with Crippen LogP contribution in [0.5, 0.6) is 5.75 Å². The minimum Gasteiger partial charge on any atom is -0.495 e. The van der Waals surface area contributed by atoms with Gasteiger partial charge in [-0.15, -0.1) is 11.3 Å². The van der Waals surface area contributed by atoms with E-state index in [4.69, 9.17) is 16.3 Å². The molecule has 0 radical (unpaired) electrons. The minimum absolute atomic E-state index is 0.162. The van der Waals surface area contributed by atoms with Gasteiger partial charge in [-0.25, -0.2) is 4.98 Å². The number of carbonyl (C=O) groups is 1. The third-order valence-corrected chi connectivity index (χ3v) is 6.34. The molecule has 1 N–H and O–H groups in total. The molecule has 0 bridgehead atoms. The van der Waals surface area contributed by atoms with Gasteiger partial charge in [0.05, 0.1) is 24.6 Å². The zero-order chi connectivity index (χ0) is 22.1. The van der Waals surface area contributed by atoms with Crippen molar-refractivity contribution >= 4 is 44.7 Å². The van der Waals surface area contributed by atoms with Gasteiger partial charge in [0.25, 0.3) is 5.56 Å². The molecule has 2 aromatic heterocycles. The summed E-state index contributed by atoms with van der Waals surface area (Å²) in [5, 5.41) is 5.25. The summed E-state index contributed by atoms with van der Waals surface area (Å²) < 4.78 is 7.11. The van der Waals surface area contributed by atoms with Crippen LogP contribution in [0.1, 0.15) is 11.1 Å². The van der Waals surface area contributed by atoms with E-state index in [0.29, 0.717) is 26.7 Å². The lowest BCUT2D eigenvalue weighted by Crippen LogP contribution is -2.27. The molecular formula is C23H20ClN3O3S. The van der Waals surface area contributed by atoms with Crippen LogP contribution in [0, 0.1) is 13.8 Å². The number of benzene rings is 2.